The van der Waals surface area contributed by atoms with E-state index in [1.165, 1.54) is 7.11 Å². The standard InChI is InChI=1S/C21H15ClN4O2/c1-28-21(27)19-20(23)26-17(12-6-3-2-4-7-12)18(25-19)14-10-13-8-5-9-24-16(13)15(22)11-14/h2-11H,1H3,(H2,23,26). The quantitative estimate of drug-likeness (QED) is 0.522. The van der Waals surface area contributed by atoms with Gasteiger partial charge in [0.1, 0.15) is 0 Å². The van der Waals surface area contributed by atoms with E-state index in [4.69, 9.17) is 22.1 Å². The summed E-state index contributed by atoms with van der Waals surface area (Å²) in [6, 6.07) is 16.9. The van der Waals surface area contributed by atoms with E-state index in [-0.39, 0.29) is 11.5 Å². The molecule has 2 heterocycles. The lowest BCUT2D eigenvalue weighted by Crippen LogP contribution is -2.12. The first kappa shape index (κ1) is 17.9. The summed E-state index contributed by atoms with van der Waals surface area (Å²) in [6.45, 7) is 0. The maximum atomic E-state index is 12.1. The molecule has 4 rings (SSSR count). The molecule has 0 radical (unpaired) electrons. The second-order valence-electron chi connectivity index (χ2n) is 6.05. The average molecular weight is 391 g/mol. The first-order valence-electron chi connectivity index (χ1n) is 8.44. The molecule has 28 heavy (non-hydrogen) atoms. The van der Waals surface area contributed by atoms with Gasteiger partial charge < -0.3 is 10.5 Å². The third-order valence-electron chi connectivity index (χ3n) is 4.28. The van der Waals surface area contributed by atoms with Crippen molar-refractivity contribution in [2.45, 2.75) is 0 Å². The molecular weight excluding hydrogens is 376 g/mol. The number of hydrogen-bond acceptors (Lipinski definition) is 6. The predicted molar refractivity (Wildman–Crippen MR) is 109 cm³/mol. The highest BCUT2D eigenvalue weighted by molar-refractivity contribution is 6.35. The van der Waals surface area contributed by atoms with Crippen molar-refractivity contribution in [1.29, 1.82) is 0 Å². The smallest absolute Gasteiger partial charge is 0.360 e. The molecule has 0 saturated heterocycles. The highest BCUT2D eigenvalue weighted by Crippen LogP contribution is 2.34. The minimum absolute atomic E-state index is 0.00278. The number of fused-ring (bicyclic) bond motifs is 1. The molecule has 0 amide bonds. The van der Waals surface area contributed by atoms with Gasteiger partial charge in [0.2, 0.25) is 0 Å². The molecule has 2 aromatic heterocycles. The van der Waals surface area contributed by atoms with Gasteiger partial charge in [-0.25, -0.2) is 14.8 Å². The molecule has 0 aliphatic heterocycles. The van der Waals surface area contributed by atoms with Crippen LogP contribution in [0.5, 0.6) is 0 Å². The number of methoxy groups -OCH3 is 1. The van der Waals surface area contributed by atoms with Gasteiger partial charge in [-0.15, -0.1) is 0 Å². The van der Waals surface area contributed by atoms with Crippen molar-refractivity contribution >= 4 is 34.3 Å². The number of hydrogen-bond donors (Lipinski definition) is 1. The summed E-state index contributed by atoms with van der Waals surface area (Å²) in [5, 5.41) is 1.33. The van der Waals surface area contributed by atoms with Gasteiger partial charge in [0.25, 0.3) is 0 Å². The number of rotatable bonds is 3. The summed E-state index contributed by atoms with van der Waals surface area (Å²) in [5.41, 5.74) is 9.17. The van der Waals surface area contributed by atoms with Crippen LogP contribution < -0.4 is 5.73 Å². The van der Waals surface area contributed by atoms with Crippen LogP contribution in [0.15, 0.2) is 60.8 Å². The fourth-order valence-corrected chi connectivity index (χ4v) is 3.25. The number of ether oxygens (including phenoxy) is 1. The monoisotopic (exact) mass is 390 g/mol. The van der Waals surface area contributed by atoms with E-state index >= 15 is 0 Å². The normalized spacial score (nSPS) is 10.8. The maximum absolute atomic E-state index is 12.1. The number of carbonyl (C=O) groups is 1. The van der Waals surface area contributed by atoms with Crippen molar-refractivity contribution in [1.82, 2.24) is 15.0 Å². The van der Waals surface area contributed by atoms with Gasteiger partial charge in [-0.1, -0.05) is 48.0 Å². The van der Waals surface area contributed by atoms with Crippen molar-refractivity contribution in [3.8, 4) is 22.5 Å². The van der Waals surface area contributed by atoms with Gasteiger partial charge in [0, 0.05) is 22.7 Å². The predicted octanol–water partition coefficient (Wildman–Crippen LogP) is 4.38. The number of nitrogens with two attached hydrogens (primary N) is 1. The Labute approximate surface area is 166 Å². The number of carbonyl (C=O) groups excluding carboxylic acids is 1. The highest BCUT2D eigenvalue weighted by atomic mass is 35.5. The van der Waals surface area contributed by atoms with Crippen LogP contribution in [0.2, 0.25) is 5.02 Å². The molecule has 0 aliphatic rings. The minimum Gasteiger partial charge on any atom is -0.464 e. The van der Waals surface area contributed by atoms with Gasteiger partial charge in [-0.05, 0) is 18.2 Å². The van der Waals surface area contributed by atoms with Crippen molar-refractivity contribution < 1.29 is 9.53 Å². The van der Waals surface area contributed by atoms with Crippen molar-refractivity contribution in [3.05, 3.63) is 71.5 Å². The van der Waals surface area contributed by atoms with E-state index in [0.29, 0.717) is 27.5 Å². The van der Waals surface area contributed by atoms with Crippen molar-refractivity contribution in [2.75, 3.05) is 12.8 Å². The third kappa shape index (κ3) is 3.14. The first-order valence-corrected chi connectivity index (χ1v) is 8.82. The molecule has 2 aromatic carbocycles. The Balaban J connectivity index is 2.02. The molecule has 6 nitrogen and oxygen atoms in total. The van der Waals surface area contributed by atoms with Gasteiger partial charge in [0.15, 0.2) is 11.5 Å². The van der Waals surface area contributed by atoms with Crippen LogP contribution in [0.3, 0.4) is 0 Å². The number of nitrogen functional groups attached to an aromatic ring is 1. The van der Waals surface area contributed by atoms with Gasteiger partial charge in [-0.2, -0.15) is 0 Å². The average Bonchev–Trinajstić information content (AvgIpc) is 2.73. The topological polar surface area (TPSA) is 91.0 Å². The minimum atomic E-state index is -0.653. The molecule has 0 spiro atoms. The van der Waals surface area contributed by atoms with E-state index in [0.717, 1.165) is 10.9 Å². The maximum Gasteiger partial charge on any atom is 0.360 e. The zero-order chi connectivity index (χ0) is 19.7. The lowest BCUT2D eigenvalue weighted by Gasteiger charge is -2.13. The molecule has 0 aliphatic carbocycles. The molecule has 0 unspecified atom stereocenters. The lowest BCUT2D eigenvalue weighted by molar-refractivity contribution is 0.0595. The van der Waals surface area contributed by atoms with E-state index in [1.807, 2.05) is 48.5 Å². The molecule has 0 saturated carbocycles. The number of benzene rings is 2. The molecule has 0 atom stereocenters. The van der Waals surface area contributed by atoms with E-state index in [2.05, 4.69) is 15.0 Å². The molecule has 4 aromatic rings. The summed E-state index contributed by atoms with van der Waals surface area (Å²) in [4.78, 5) is 25.4. The van der Waals surface area contributed by atoms with Crippen LogP contribution in [0.4, 0.5) is 5.82 Å². The summed E-state index contributed by atoms with van der Waals surface area (Å²) in [7, 11) is 1.27. The molecule has 138 valence electrons. The Morgan fingerprint density at radius 3 is 2.50 bits per heavy atom. The van der Waals surface area contributed by atoms with Crippen LogP contribution >= 0.6 is 11.6 Å². The lowest BCUT2D eigenvalue weighted by atomic mass is 10.0. The molecule has 0 bridgehead atoms. The van der Waals surface area contributed by atoms with Gasteiger partial charge >= 0.3 is 5.97 Å². The van der Waals surface area contributed by atoms with E-state index < -0.39 is 5.97 Å². The van der Waals surface area contributed by atoms with Crippen LogP contribution in [0, 0.1) is 0 Å². The molecule has 7 heteroatoms. The number of anilines is 1. The number of halogens is 1. The Hall–Kier alpha value is -3.51. The van der Waals surface area contributed by atoms with E-state index in [9.17, 15) is 4.79 Å². The molecule has 2 N–H and O–H groups in total. The third-order valence-corrected chi connectivity index (χ3v) is 4.57. The molecule has 0 fully saturated rings. The Morgan fingerprint density at radius 2 is 1.75 bits per heavy atom. The second-order valence-corrected chi connectivity index (χ2v) is 6.45. The second kappa shape index (κ2) is 7.25. The first-order chi connectivity index (χ1) is 13.6. The SMILES string of the molecule is COC(=O)c1nc(-c2cc(Cl)c3ncccc3c2)c(-c2ccccc2)nc1N. The fourth-order valence-electron chi connectivity index (χ4n) is 2.98. The van der Waals surface area contributed by atoms with Crippen molar-refractivity contribution in [2.24, 2.45) is 0 Å². The van der Waals surface area contributed by atoms with Crippen LogP contribution in [0.25, 0.3) is 33.4 Å². The van der Waals surface area contributed by atoms with Crippen molar-refractivity contribution in [3.63, 3.8) is 0 Å². The number of pyridine rings is 1. The van der Waals surface area contributed by atoms with E-state index in [1.54, 1.807) is 12.3 Å². The molecular formula is C21H15ClN4O2. The number of aromatic nitrogens is 3. The highest BCUT2D eigenvalue weighted by Gasteiger charge is 2.21. The summed E-state index contributed by atoms with van der Waals surface area (Å²) < 4.78 is 4.79. The fraction of sp³-hybridized carbons (Fsp3) is 0.0476. The number of esters is 1. The van der Waals surface area contributed by atoms with Crippen LogP contribution in [-0.4, -0.2) is 28.0 Å². The zero-order valence-electron chi connectivity index (χ0n) is 14.9. The summed E-state index contributed by atoms with van der Waals surface area (Å²) in [6.07, 6.45) is 1.68. The summed E-state index contributed by atoms with van der Waals surface area (Å²) >= 11 is 6.44. The largest absolute Gasteiger partial charge is 0.464 e. The number of nitrogens with zero attached hydrogens (tertiary/aromatic N) is 3. The Morgan fingerprint density at radius 1 is 1.00 bits per heavy atom. The summed E-state index contributed by atoms with van der Waals surface area (Å²) in [5.74, 6) is -0.651. The van der Waals surface area contributed by atoms with Gasteiger partial charge in [-0.3, -0.25) is 4.98 Å². The Kier molecular flexibility index (Phi) is 4.63. The van der Waals surface area contributed by atoms with Crippen LogP contribution in [0.1, 0.15) is 10.5 Å². The van der Waals surface area contributed by atoms with Gasteiger partial charge in [0.05, 0.1) is 29.0 Å². The zero-order valence-corrected chi connectivity index (χ0v) is 15.6. The van der Waals surface area contributed by atoms with Crippen LogP contribution in [-0.2, 0) is 4.74 Å². The Bertz CT molecular complexity index is 1200.